The van der Waals surface area contributed by atoms with Crippen LogP contribution in [0.2, 0.25) is 0 Å². The molecular weight excluding hydrogens is 384 g/mol. The molecule has 0 saturated heterocycles. The Bertz CT molecular complexity index is 943. The van der Waals surface area contributed by atoms with E-state index in [1.807, 2.05) is 54.1 Å². The van der Waals surface area contributed by atoms with Gasteiger partial charge in [0.25, 0.3) is 0 Å². The average molecular weight is 411 g/mol. The number of benzene rings is 2. The normalized spacial score (nSPS) is 10.9. The molecule has 0 radical (unpaired) electrons. The minimum absolute atomic E-state index is 0.0563. The highest BCUT2D eigenvalue weighted by Gasteiger charge is 2.17. The van der Waals surface area contributed by atoms with Gasteiger partial charge >= 0.3 is 0 Å². The Morgan fingerprint density at radius 3 is 2.55 bits per heavy atom. The molecule has 7 heteroatoms. The predicted molar refractivity (Wildman–Crippen MR) is 116 cm³/mol. The maximum absolute atomic E-state index is 12.7. The third-order valence-corrected chi connectivity index (χ3v) is 5.64. The first-order valence-electron chi connectivity index (χ1n) is 9.49. The van der Waals surface area contributed by atoms with E-state index in [-0.39, 0.29) is 5.91 Å². The molecule has 152 valence electrons. The standard InChI is InChI=1S/C22H26N4O2S/c1-17-9-7-8-12-19(17)15-25(2)20(27)16-29-22-24-23-21(26(22)13-14-28-3)18-10-5-4-6-11-18/h4-12H,13-16H2,1-3H3. The van der Waals surface area contributed by atoms with Crippen LogP contribution in [0.25, 0.3) is 11.4 Å². The summed E-state index contributed by atoms with van der Waals surface area (Å²) < 4.78 is 7.25. The van der Waals surface area contributed by atoms with Crippen LogP contribution in [0.3, 0.4) is 0 Å². The van der Waals surface area contributed by atoms with Gasteiger partial charge in [0.15, 0.2) is 11.0 Å². The van der Waals surface area contributed by atoms with Gasteiger partial charge in [0, 0.05) is 26.3 Å². The van der Waals surface area contributed by atoms with Crippen molar-refractivity contribution in [3.05, 3.63) is 65.7 Å². The smallest absolute Gasteiger partial charge is 0.233 e. The molecule has 0 spiro atoms. The van der Waals surface area contributed by atoms with E-state index < -0.39 is 0 Å². The van der Waals surface area contributed by atoms with Crippen molar-refractivity contribution in [3.63, 3.8) is 0 Å². The summed E-state index contributed by atoms with van der Waals surface area (Å²) in [5.74, 6) is 1.15. The number of rotatable bonds is 9. The van der Waals surface area contributed by atoms with Crippen molar-refractivity contribution >= 4 is 17.7 Å². The Balaban J connectivity index is 1.68. The topological polar surface area (TPSA) is 60.2 Å². The van der Waals surface area contributed by atoms with Crippen LogP contribution < -0.4 is 0 Å². The zero-order valence-corrected chi connectivity index (χ0v) is 17.9. The van der Waals surface area contributed by atoms with Crippen molar-refractivity contribution in [2.45, 2.75) is 25.2 Å². The van der Waals surface area contributed by atoms with E-state index in [1.165, 1.54) is 17.3 Å². The maximum Gasteiger partial charge on any atom is 0.233 e. The molecule has 1 aromatic heterocycles. The number of carbonyl (C=O) groups is 1. The zero-order valence-electron chi connectivity index (χ0n) is 17.0. The molecule has 3 aromatic rings. The number of hydrogen-bond donors (Lipinski definition) is 0. The van der Waals surface area contributed by atoms with E-state index in [0.717, 1.165) is 22.1 Å². The number of nitrogens with zero attached hydrogens (tertiary/aromatic N) is 4. The molecule has 0 unspecified atom stereocenters. The molecular formula is C22H26N4O2S. The van der Waals surface area contributed by atoms with E-state index >= 15 is 0 Å². The fourth-order valence-corrected chi connectivity index (χ4v) is 3.85. The van der Waals surface area contributed by atoms with Gasteiger partial charge in [-0.1, -0.05) is 66.4 Å². The van der Waals surface area contributed by atoms with Gasteiger partial charge < -0.3 is 9.64 Å². The molecule has 2 aromatic carbocycles. The van der Waals surface area contributed by atoms with Gasteiger partial charge in [-0.2, -0.15) is 0 Å². The van der Waals surface area contributed by atoms with Gasteiger partial charge in [-0.3, -0.25) is 9.36 Å². The van der Waals surface area contributed by atoms with Crippen LogP contribution in [0.1, 0.15) is 11.1 Å². The third kappa shape index (κ3) is 5.46. The number of ether oxygens (including phenoxy) is 1. The molecule has 0 fully saturated rings. The summed E-state index contributed by atoms with van der Waals surface area (Å²) in [6.07, 6.45) is 0. The highest BCUT2D eigenvalue weighted by atomic mass is 32.2. The van der Waals surface area contributed by atoms with Crippen molar-refractivity contribution in [1.82, 2.24) is 19.7 Å². The Labute approximate surface area is 175 Å². The SMILES string of the molecule is COCCn1c(SCC(=O)N(C)Cc2ccccc2C)nnc1-c1ccccc1. The van der Waals surface area contributed by atoms with E-state index in [9.17, 15) is 4.79 Å². The first-order valence-corrected chi connectivity index (χ1v) is 10.5. The van der Waals surface area contributed by atoms with Gasteiger partial charge in [-0.05, 0) is 18.1 Å². The largest absolute Gasteiger partial charge is 0.383 e. The molecule has 3 rings (SSSR count). The fourth-order valence-electron chi connectivity index (χ4n) is 2.95. The first kappa shape index (κ1) is 21.1. The Kier molecular flexibility index (Phi) is 7.43. The number of aromatic nitrogens is 3. The second-order valence-electron chi connectivity index (χ2n) is 6.78. The predicted octanol–water partition coefficient (Wildman–Crippen LogP) is 3.65. The molecule has 6 nitrogen and oxygen atoms in total. The number of amides is 1. The van der Waals surface area contributed by atoms with Crippen LogP contribution in [0.5, 0.6) is 0 Å². The molecule has 0 aliphatic rings. The van der Waals surface area contributed by atoms with Crippen LogP contribution in [0, 0.1) is 6.92 Å². The minimum Gasteiger partial charge on any atom is -0.383 e. The maximum atomic E-state index is 12.7. The highest BCUT2D eigenvalue weighted by Crippen LogP contribution is 2.24. The summed E-state index contributed by atoms with van der Waals surface area (Å²) in [6, 6.07) is 18.0. The van der Waals surface area contributed by atoms with E-state index in [0.29, 0.717) is 25.4 Å². The second kappa shape index (κ2) is 10.2. The van der Waals surface area contributed by atoms with Crippen LogP contribution in [-0.2, 0) is 22.6 Å². The monoisotopic (exact) mass is 410 g/mol. The zero-order chi connectivity index (χ0) is 20.6. The van der Waals surface area contributed by atoms with Gasteiger partial charge in [0.05, 0.1) is 18.9 Å². The number of carbonyl (C=O) groups excluding carboxylic acids is 1. The van der Waals surface area contributed by atoms with E-state index in [1.54, 1.807) is 12.0 Å². The van der Waals surface area contributed by atoms with E-state index in [2.05, 4.69) is 29.3 Å². The van der Waals surface area contributed by atoms with Crippen LogP contribution >= 0.6 is 11.8 Å². The summed E-state index contributed by atoms with van der Waals surface area (Å²) in [5, 5.41) is 9.40. The molecule has 1 amide bonds. The lowest BCUT2D eigenvalue weighted by molar-refractivity contribution is -0.127. The second-order valence-corrected chi connectivity index (χ2v) is 7.72. The Morgan fingerprint density at radius 1 is 1.10 bits per heavy atom. The summed E-state index contributed by atoms with van der Waals surface area (Å²) in [5.41, 5.74) is 3.33. The van der Waals surface area contributed by atoms with Crippen molar-refractivity contribution in [2.75, 3.05) is 26.5 Å². The lowest BCUT2D eigenvalue weighted by Crippen LogP contribution is -2.28. The van der Waals surface area contributed by atoms with Crippen molar-refractivity contribution < 1.29 is 9.53 Å². The number of hydrogen-bond acceptors (Lipinski definition) is 5. The number of thioether (sulfide) groups is 1. The molecule has 0 N–H and O–H groups in total. The van der Waals surface area contributed by atoms with Crippen LogP contribution in [-0.4, -0.2) is 52.1 Å². The van der Waals surface area contributed by atoms with Crippen LogP contribution in [0.15, 0.2) is 59.8 Å². The summed E-state index contributed by atoms with van der Waals surface area (Å²) >= 11 is 1.41. The molecule has 0 aliphatic heterocycles. The first-order chi connectivity index (χ1) is 14.1. The Morgan fingerprint density at radius 2 is 1.83 bits per heavy atom. The lowest BCUT2D eigenvalue weighted by atomic mass is 10.1. The van der Waals surface area contributed by atoms with Crippen LogP contribution in [0.4, 0.5) is 0 Å². The highest BCUT2D eigenvalue weighted by molar-refractivity contribution is 7.99. The number of aryl methyl sites for hydroxylation is 1. The summed E-state index contributed by atoms with van der Waals surface area (Å²) in [4.78, 5) is 14.4. The molecule has 29 heavy (non-hydrogen) atoms. The molecule has 0 aliphatic carbocycles. The molecule has 0 bridgehead atoms. The van der Waals surface area contributed by atoms with Gasteiger partial charge in [-0.25, -0.2) is 0 Å². The van der Waals surface area contributed by atoms with Gasteiger partial charge in [-0.15, -0.1) is 10.2 Å². The molecule has 1 heterocycles. The van der Waals surface area contributed by atoms with Crippen molar-refractivity contribution in [2.24, 2.45) is 0 Å². The minimum atomic E-state index is 0.0563. The number of methoxy groups -OCH3 is 1. The van der Waals surface area contributed by atoms with Gasteiger partial charge in [0.1, 0.15) is 0 Å². The third-order valence-electron chi connectivity index (χ3n) is 4.69. The lowest BCUT2D eigenvalue weighted by Gasteiger charge is -2.18. The molecule has 0 saturated carbocycles. The van der Waals surface area contributed by atoms with E-state index in [4.69, 9.17) is 4.74 Å². The quantitative estimate of drug-likeness (QED) is 0.504. The average Bonchev–Trinajstić information content (AvgIpc) is 3.15. The fraction of sp³-hybridized carbons (Fsp3) is 0.318. The summed E-state index contributed by atoms with van der Waals surface area (Å²) in [6.45, 7) is 3.83. The molecule has 0 atom stereocenters. The van der Waals surface area contributed by atoms with Crippen molar-refractivity contribution in [3.8, 4) is 11.4 Å². The Hall–Kier alpha value is -2.64. The van der Waals surface area contributed by atoms with Crippen molar-refractivity contribution in [1.29, 1.82) is 0 Å². The summed E-state index contributed by atoms with van der Waals surface area (Å²) in [7, 11) is 3.50. The van der Waals surface area contributed by atoms with Gasteiger partial charge in [0.2, 0.25) is 5.91 Å².